The molecule has 0 unspecified atom stereocenters. The van der Waals surface area contributed by atoms with Crippen molar-refractivity contribution in [2.24, 2.45) is 0 Å². The first-order chi connectivity index (χ1) is 11.8. The van der Waals surface area contributed by atoms with Gasteiger partial charge in [0, 0.05) is 20.6 Å². The van der Waals surface area contributed by atoms with Crippen molar-refractivity contribution in [3.05, 3.63) is 57.6 Å². The molecule has 0 saturated carbocycles. The van der Waals surface area contributed by atoms with E-state index >= 15 is 0 Å². The molecule has 4 nitrogen and oxygen atoms in total. The molecule has 0 fully saturated rings. The van der Waals surface area contributed by atoms with Crippen LogP contribution in [0, 0.1) is 13.8 Å². The van der Waals surface area contributed by atoms with Crippen molar-refractivity contribution in [3.8, 4) is 0 Å². The van der Waals surface area contributed by atoms with E-state index in [-0.39, 0.29) is 12.4 Å². The van der Waals surface area contributed by atoms with Crippen LogP contribution >= 0.6 is 35.0 Å². The Hall–Kier alpha value is -1.69. The molecule has 1 N–H and O–H groups in total. The minimum Gasteiger partial charge on any atom is -0.455 e. The van der Waals surface area contributed by atoms with Gasteiger partial charge in [-0.1, -0.05) is 40.9 Å². The molecule has 2 aromatic rings. The van der Waals surface area contributed by atoms with Crippen LogP contribution in [0.25, 0.3) is 0 Å². The minimum atomic E-state index is -0.455. The minimum absolute atomic E-state index is 0.139. The monoisotopic (exact) mass is 397 g/mol. The Morgan fingerprint density at radius 3 is 2.40 bits per heavy atom. The molecular formula is C18H17Cl2NO3S. The Morgan fingerprint density at radius 1 is 1.08 bits per heavy atom. The van der Waals surface area contributed by atoms with E-state index in [1.54, 1.807) is 18.2 Å². The van der Waals surface area contributed by atoms with Crippen molar-refractivity contribution < 1.29 is 14.3 Å². The average Bonchev–Trinajstić information content (AvgIpc) is 2.51. The zero-order chi connectivity index (χ0) is 18.4. The van der Waals surface area contributed by atoms with Gasteiger partial charge >= 0.3 is 5.97 Å². The Bertz CT molecular complexity index is 776. The SMILES string of the molecule is Cc1ccc(SCC(=O)OCC(=O)Nc2cc(Cl)cc(Cl)c2)c(C)c1. The Morgan fingerprint density at radius 2 is 1.76 bits per heavy atom. The highest BCUT2D eigenvalue weighted by molar-refractivity contribution is 8.00. The molecule has 25 heavy (non-hydrogen) atoms. The number of benzene rings is 2. The lowest BCUT2D eigenvalue weighted by Gasteiger charge is -2.08. The molecule has 0 saturated heterocycles. The van der Waals surface area contributed by atoms with Crippen molar-refractivity contribution in [2.75, 3.05) is 17.7 Å². The summed E-state index contributed by atoms with van der Waals surface area (Å²) >= 11 is 13.1. The van der Waals surface area contributed by atoms with E-state index in [4.69, 9.17) is 27.9 Å². The van der Waals surface area contributed by atoms with Gasteiger partial charge in [-0.25, -0.2) is 0 Å². The number of amides is 1. The molecule has 7 heteroatoms. The van der Waals surface area contributed by atoms with E-state index in [9.17, 15) is 9.59 Å². The predicted molar refractivity (Wildman–Crippen MR) is 103 cm³/mol. The summed E-state index contributed by atoms with van der Waals surface area (Å²) in [5.74, 6) is -0.771. The molecule has 0 bridgehead atoms. The molecule has 0 aliphatic carbocycles. The van der Waals surface area contributed by atoms with Gasteiger partial charge in [-0.05, 0) is 43.7 Å². The number of carbonyl (C=O) groups is 2. The molecule has 2 rings (SSSR count). The van der Waals surface area contributed by atoms with Gasteiger partial charge in [-0.3, -0.25) is 9.59 Å². The number of thioether (sulfide) groups is 1. The average molecular weight is 398 g/mol. The fraction of sp³-hybridized carbons (Fsp3) is 0.222. The van der Waals surface area contributed by atoms with Crippen LogP contribution < -0.4 is 5.32 Å². The molecule has 2 aromatic carbocycles. The van der Waals surface area contributed by atoms with Crippen LogP contribution in [0.5, 0.6) is 0 Å². The van der Waals surface area contributed by atoms with Gasteiger partial charge in [0.2, 0.25) is 0 Å². The van der Waals surface area contributed by atoms with Gasteiger partial charge in [0.25, 0.3) is 5.91 Å². The van der Waals surface area contributed by atoms with Crippen molar-refractivity contribution in [2.45, 2.75) is 18.7 Å². The first-order valence-corrected chi connectivity index (χ1v) is 9.19. The van der Waals surface area contributed by atoms with Crippen LogP contribution in [0.4, 0.5) is 5.69 Å². The van der Waals surface area contributed by atoms with Gasteiger partial charge < -0.3 is 10.1 Å². The van der Waals surface area contributed by atoms with E-state index in [2.05, 4.69) is 11.4 Å². The highest BCUT2D eigenvalue weighted by atomic mass is 35.5. The third-order valence-corrected chi connectivity index (χ3v) is 4.77. The normalized spacial score (nSPS) is 10.4. The number of hydrogen-bond acceptors (Lipinski definition) is 4. The van der Waals surface area contributed by atoms with Crippen LogP contribution in [0.2, 0.25) is 10.0 Å². The summed E-state index contributed by atoms with van der Waals surface area (Å²) in [4.78, 5) is 24.6. The summed E-state index contributed by atoms with van der Waals surface area (Å²) in [6, 6.07) is 10.7. The highest BCUT2D eigenvalue weighted by Gasteiger charge is 2.10. The molecule has 0 aromatic heterocycles. The van der Waals surface area contributed by atoms with E-state index in [1.165, 1.54) is 17.3 Å². The van der Waals surface area contributed by atoms with Gasteiger partial charge in [0.05, 0.1) is 5.75 Å². The summed E-state index contributed by atoms with van der Waals surface area (Å²) in [6.45, 7) is 3.64. The van der Waals surface area contributed by atoms with E-state index in [0.29, 0.717) is 15.7 Å². The van der Waals surface area contributed by atoms with Gasteiger partial charge in [0.1, 0.15) is 0 Å². The second-order valence-electron chi connectivity index (χ2n) is 5.42. The second-order valence-corrected chi connectivity index (χ2v) is 7.31. The van der Waals surface area contributed by atoms with Gasteiger partial charge in [-0.2, -0.15) is 0 Å². The molecule has 0 aliphatic heterocycles. The first kappa shape index (κ1) is 19.6. The number of halogens is 2. The molecule has 0 spiro atoms. The lowest BCUT2D eigenvalue weighted by molar-refractivity contribution is -0.144. The van der Waals surface area contributed by atoms with E-state index in [1.807, 2.05) is 26.0 Å². The molecular weight excluding hydrogens is 381 g/mol. The van der Waals surface area contributed by atoms with Gasteiger partial charge in [-0.15, -0.1) is 11.8 Å². The number of aryl methyl sites for hydroxylation is 2. The highest BCUT2D eigenvalue weighted by Crippen LogP contribution is 2.24. The maximum Gasteiger partial charge on any atom is 0.316 e. The first-order valence-electron chi connectivity index (χ1n) is 7.45. The second kappa shape index (κ2) is 9.13. The molecule has 1 amide bonds. The number of nitrogens with one attached hydrogen (secondary N) is 1. The molecule has 0 aliphatic rings. The fourth-order valence-electron chi connectivity index (χ4n) is 2.11. The number of ether oxygens (including phenoxy) is 1. The number of esters is 1. The quantitative estimate of drug-likeness (QED) is 0.557. The predicted octanol–water partition coefficient (Wildman–Crippen LogP) is 4.88. The van der Waals surface area contributed by atoms with Crippen LogP contribution in [0.1, 0.15) is 11.1 Å². The number of rotatable bonds is 6. The largest absolute Gasteiger partial charge is 0.455 e. The van der Waals surface area contributed by atoms with Gasteiger partial charge in [0.15, 0.2) is 6.61 Å². The third kappa shape index (κ3) is 6.61. The zero-order valence-corrected chi connectivity index (χ0v) is 16.1. The standard InChI is InChI=1S/C18H17Cl2NO3S/c1-11-3-4-16(12(2)5-11)25-10-18(23)24-9-17(22)21-15-7-13(19)6-14(20)8-15/h3-8H,9-10H2,1-2H3,(H,21,22). The third-order valence-electron chi connectivity index (χ3n) is 3.19. The van der Waals surface area contributed by atoms with Crippen LogP contribution in [0.3, 0.4) is 0 Å². The van der Waals surface area contributed by atoms with E-state index < -0.39 is 11.9 Å². The maximum atomic E-state index is 11.8. The van der Waals surface area contributed by atoms with Crippen LogP contribution in [0.15, 0.2) is 41.3 Å². The van der Waals surface area contributed by atoms with Crippen molar-refractivity contribution >= 4 is 52.5 Å². The summed E-state index contributed by atoms with van der Waals surface area (Å²) < 4.78 is 4.98. The molecule has 132 valence electrons. The number of hydrogen-bond donors (Lipinski definition) is 1. The summed E-state index contributed by atoms with van der Waals surface area (Å²) in [6.07, 6.45) is 0. The topological polar surface area (TPSA) is 55.4 Å². The molecule has 0 heterocycles. The smallest absolute Gasteiger partial charge is 0.316 e. The fourth-order valence-corrected chi connectivity index (χ4v) is 3.44. The lowest BCUT2D eigenvalue weighted by atomic mass is 10.2. The molecule has 0 atom stereocenters. The zero-order valence-electron chi connectivity index (χ0n) is 13.8. The van der Waals surface area contributed by atoms with Crippen molar-refractivity contribution in [1.82, 2.24) is 0 Å². The summed E-state index contributed by atoms with van der Waals surface area (Å²) in [5, 5.41) is 3.39. The van der Waals surface area contributed by atoms with Crippen molar-refractivity contribution in [1.29, 1.82) is 0 Å². The Balaban J connectivity index is 1.78. The van der Waals surface area contributed by atoms with E-state index in [0.717, 1.165) is 10.5 Å². The van der Waals surface area contributed by atoms with Crippen LogP contribution in [-0.4, -0.2) is 24.2 Å². The lowest BCUT2D eigenvalue weighted by Crippen LogP contribution is -2.21. The number of anilines is 1. The maximum absolute atomic E-state index is 11.8. The molecule has 0 radical (unpaired) electrons. The number of carbonyl (C=O) groups excluding carboxylic acids is 2. The summed E-state index contributed by atoms with van der Waals surface area (Å²) in [7, 11) is 0. The summed E-state index contributed by atoms with van der Waals surface area (Å²) in [5.41, 5.74) is 2.72. The van der Waals surface area contributed by atoms with Crippen LogP contribution in [-0.2, 0) is 14.3 Å². The van der Waals surface area contributed by atoms with Crippen molar-refractivity contribution in [3.63, 3.8) is 0 Å². The Labute approximate surface area is 160 Å². The Kier molecular flexibility index (Phi) is 7.17.